The van der Waals surface area contributed by atoms with E-state index in [4.69, 9.17) is 4.42 Å². The van der Waals surface area contributed by atoms with Crippen molar-refractivity contribution in [1.82, 2.24) is 20.9 Å². The minimum absolute atomic E-state index is 0. The summed E-state index contributed by atoms with van der Waals surface area (Å²) in [5.74, 6) is 1.04. The number of furan rings is 1. The van der Waals surface area contributed by atoms with E-state index in [2.05, 4.69) is 32.4 Å². The minimum atomic E-state index is -0.165. The van der Waals surface area contributed by atoms with E-state index < -0.39 is 0 Å². The zero-order valence-corrected chi connectivity index (χ0v) is 18.6. The van der Waals surface area contributed by atoms with Crippen molar-refractivity contribution < 1.29 is 9.21 Å². The van der Waals surface area contributed by atoms with E-state index >= 15 is 0 Å². The number of carbonyl (C=O) groups is 1. The molecule has 0 bridgehead atoms. The Labute approximate surface area is 179 Å². The van der Waals surface area contributed by atoms with Gasteiger partial charge in [-0.15, -0.1) is 30.6 Å². The van der Waals surface area contributed by atoms with Gasteiger partial charge in [0.15, 0.2) is 11.7 Å². The summed E-state index contributed by atoms with van der Waals surface area (Å²) >= 11 is 0. The number of aliphatic imine (C=N–C) groups is 1. The average Bonchev–Trinajstić information content (AvgIpc) is 3.08. The summed E-state index contributed by atoms with van der Waals surface area (Å²) in [6, 6.07) is 2.23. The lowest BCUT2D eigenvalue weighted by atomic mass is 10.1. The SMILES string of the molecule is C=CCN1CCC(NC(=NC)NCCCNC(=O)c2occc2C)CC1.I. The Morgan fingerprint density at radius 1 is 1.37 bits per heavy atom. The largest absolute Gasteiger partial charge is 0.459 e. The molecule has 3 N–H and O–H groups in total. The Morgan fingerprint density at radius 2 is 2.07 bits per heavy atom. The van der Waals surface area contributed by atoms with Crippen molar-refractivity contribution in [3.63, 3.8) is 0 Å². The maximum absolute atomic E-state index is 11.9. The van der Waals surface area contributed by atoms with E-state index in [1.807, 2.05) is 13.0 Å². The van der Waals surface area contributed by atoms with E-state index in [1.54, 1.807) is 13.1 Å². The van der Waals surface area contributed by atoms with Crippen molar-refractivity contribution in [2.75, 3.05) is 39.8 Å². The third-order valence-corrected chi connectivity index (χ3v) is 4.54. The molecule has 0 aliphatic carbocycles. The average molecular weight is 489 g/mol. The maximum atomic E-state index is 11.9. The van der Waals surface area contributed by atoms with E-state index in [9.17, 15) is 4.79 Å². The van der Waals surface area contributed by atoms with Gasteiger partial charge in [0.05, 0.1) is 6.26 Å². The van der Waals surface area contributed by atoms with Gasteiger partial charge < -0.3 is 20.4 Å². The molecular formula is C19H32IN5O2. The first-order valence-corrected chi connectivity index (χ1v) is 9.26. The Balaban J connectivity index is 0.00000364. The molecule has 2 rings (SSSR count). The van der Waals surface area contributed by atoms with Crippen LogP contribution in [0, 0.1) is 6.92 Å². The number of guanidine groups is 1. The molecule has 2 heterocycles. The number of amides is 1. The van der Waals surface area contributed by atoms with Crippen LogP contribution < -0.4 is 16.0 Å². The zero-order valence-electron chi connectivity index (χ0n) is 16.3. The first-order chi connectivity index (χ1) is 12.6. The van der Waals surface area contributed by atoms with Gasteiger partial charge in [0.2, 0.25) is 0 Å². The van der Waals surface area contributed by atoms with Crippen LogP contribution in [0.4, 0.5) is 0 Å². The van der Waals surface area contributed by atoms with Crippen LogP contribution in [-0.4, -0.2) is 62.6 Å². The van der Waals surface area contributed by atoms with Gasteiger partial charge in [0, 0.05) is 51.4 Å². The molecular weight excluding hydrogens is 457 g/mol. The van der Waals surface area contributed by atoms with Crippen molar-refractivity contribution in [2.24, 2.45) is 4.99 Å². The van der Waals surface area contributed by atoms with Crippen LogP contribution >= 0.6 is 24.0 Å². The molecule has 1 aromatic rings. The molecule has 1 saturated heterocycles. The molecule has 8 heteroatoms. The lowest BCUT2D eigenvalue weighted by Crippen LogP contribution is -2.49. The fraction of sp³-hybridized carbons (Fsp3) is 0.579. The molecule has 1 fully saturated rings. The first kappa shape index (κ1) is 23.5. The highest BCUT2D eigenvalue weighted by molar-refractivity contribution is 14.0. The summed E-state index contributed by atoms with van der Waals surface area (Å²) in [6.07, 6.45) is 6.51. The van der Waals surface area contributed by atoms with Crippen LogP contribution in [0.3, 0.4) is 0 Å². The highest BCUT2D eigenvalue weighted by atomic mass is 127. The van der Waals surface area contributed by atoms with Gasteiger partial charge in [0.25, 0.3) is 5.91 Å². The highest BCUT2D eigenvalue weighted by Crippen LogP contribution is 2.10. The number of likely N-dealkylation sites (tertiary alicyclic amines) is 1. The van der Waals surface area contributed by atoms with Gasteiger partial charge in [-0.1, -0.05) is 6.08 Å². The molecule has 0 radical (unpaired) electrons. The zero-order chi connectivity index (χ0) is 18.8. The standard InChI is InChI=1S/C19H31N5O2.HI/c1-4-11-24-12-6-16(7-13-24)23-19(20-3)22-10-5-9-21-18(25)17-15(2)8-14-26-17;/h4,8,14,16H,1,5-7,9-13H2,2-3H3,(H,21,25)(H2,20,22,23);1H. The van der Waals surface area contributed by atoms with Crippen LogP contribution in [0.1, 0.15) is 35.4 Å². The van der Waals surface area contributed by atoms with Crippen LogP contribution in [-0.2, 0) is 0 Å². The van der Waals surface area contributed by atoms with Crippen LogP contribution in [0.15, 0.2) is 34.4 Å². The van der Waals surface area contributed by atoms with Crippen molar-refractivity contribution in [3.8, 4) is 0 Å². The van der Waals surface area contributed by atoms with E-state index in [0.717, 1.165) is 57.0 Å². The van der Waals surface area contributed by atoms with E-state index in [0.29, 0.717) is 18.3 Å². The Kier molecular flexibility index (Phi) is 11.1. The molecule has 0 aromatic carbocycles. The molecule has 0 atom stereocenters. The molecule has 1 aliphatic heterocycles. The topological polar surface area (TPSA) is 81.9 Å². The fourth-order valence-corrected chi connectivity index (χ4v) is 3.01. The number of nitrogens with one attached hydrogen (secondary N) is 3. The number of halogens is 1. The number of rotatable bonds is 8. The van der Waals surface area contributed by atoms with E-state index in [1.165, 1.54) is 6.26 Å². The second-order valence-corrected chi connectivity index (χ2v) is 6.55. The monoisotopic (exact) mass is 489 g/mol. The quantitative estimate of drug-likeness (QED) is 0.172. The summed E-state index contributed by atoms with van der Waals surface area (Å²) in [6.45, 7) is 10.1. The lowest BCUT2D eigenvalue weighted by Gasteiger charge is -2.32. The van der Waals surface area contributed by atoms with Gasteiger partial charge in [-0.3, -0.25) is 14.7 Å². The predicted octanol–water partition coefficient (Wildman–Crippen LogP) is 2.14. The number of piperidine rings is 1. The minimum Gasteiger partial charge on any atom is -0.459 e. The molecule has 1 aliphatic rings. The molecule has 1 aromatic heterocycles. The maximum Gasteiger partial charge on any atom is 0.287 e. The third kappa shape index (κ3) is 7.92. The predicted molar refractivity (Wildman–Crippen MR) is 120 cm³/mol. The van der Waals surface area contributed by atoms with Crippen molar-refractivity contribution >= 4 is 35.8 Å². The summed E-state index contributed by atoms with van der Waals surface area (Å²) in [5.41, 5.74) is 0.851. The summed E-state index contributed by atoms with van der Waals surface area (Å²) in [5, 5.41) is 9.66. The Hall–Kier alpha value is -1.55. The molecule has 27 heavy (non-hydrogen) atoms. The second kappa shape index (κ2) is 12.8. The van der Waals surface area contributed by atoms with Gasteiger partial charge >= 0.3 is 0 Å². The summed E-state index contributed by atoms with van der Waals surface area (Å²) < 4.78 is 5.18. The molecule has 7 nitrogen and oxygen atoms in total. The summed E-state index contributed by atoms with van der Waals surface area (Å²) in [4.78, 5) is 18.6. The highest BCUT2D eigenvalue weighted by Gasteiger charge is 2.19. The fourth-order valence-electron chi connectivity index (χ4n) is 3.01. The number of nitrogens with zero attached hydrogens (tertiary/aromatic N) is 2. The smallest absolute Gasteiger partial charge is 0.287 e. The van der Waals surface area contributed by atoms with Gasteiger partial charge in [-0.25, -0.2) is 0 Å². The Morgan fingerprint density at radius 3 is 2.67 bits per heavy atom. The Bertz CT molecular complexity index is 609. The molecule has 152 valence electrons. The third-order valence-electron chi connectivity index (χ3n) is 4.54. The van der Waals surface area contributed by atoms with Crippen LogP contribution in [0.5, 0.6) is 0 Å². The molecule has 0 spiro atoms. The van der Waals surface area contributed by atoms with Gasteiger partial charge in [-0.2, -0.15) is 0 Å². The van der Waals surface area contributed by atoms with Crippen molar-refractivity contribution in [1.29, 1.82) is 0 Å². The number of aryl methyl sites for hydroxylation is 1. The van der Waals surface area contributed by atoms with Crippen molar-refractivity contribution in [2.45, 2.75) is 32.2 Å². The van der Waals surface area contributed by atoms with Gasteiger partial charge in [-0.05, 0) is 32.3 Å². The second-order valence-electron chi connectivity index (χ2n) is 6.55. The first-order valence-electron chi connectivity index (χ1n) is 9.26. The van der Waals surface area contributed by atoms with E-state index in [-0.39, 0.29) is 29.9 Å². The molecule has 0 unspecified atom stereocenters. The summed E-state index contributed by atoms with van der Waals surface area (Å²) in [7, 11) is 1.78. The molecule has 1 amide bonds. The molecule has 0 saturated carbocycles. The lowest BCUT2D eigenvalue weighted by molar-refractivity contribution is 0.0925. The number of hydrogen-bond donors (Lipinski definition) is 3. The number of hydrogen-bond acceptors (Lipinski definition) is 4. The normalized spacial score (nSPS) is 15.7. The van der Waals surface area contributed by atoms with Crippen LogP contribution in [0.25, 0.3) is 0 Å². The van der Waals surface area contributed by atoms with Crippen LogP contribution in [0.2, 0.25) is 0 Å². The van der Waals surface area contributed by atoms with Gasteiger partial charge in [0.1, 0.15) is 0 Å². The van der Waals surface area contributed by atoms with Crippen molar-refractivity contribution in [3.05, 3.63) is 36.3 Å². The number of carbonyl (C=O) groups excluding carboxylic acids is 1.